The Morgan fingerprint density at radius 1 is 1.38 bits per heavy atom. The Bertz CT molecular complexity index is 541. The third-order valence-corrected chi connectivity index (χ3v) is 3.57. The Morgan fingerprint density at radius 2 is 2.05 bits per heavy atom. The standard InChI is InChI=1S/C14H19N3O4/c1-9-7-11(16-13(15-9)14(20)21-2)17(8-12(18)19)10-5-3-4-6-10/h7,10H,3-6,8H2,1-2H3,(H,18,19). The molecule has 1 aromatic rings. The summed E-state index contributed by atoms with van der Waals surface area (Å²) in [5.41, 5.74) is 0.605. The average molecular weight is 293 g/mol. The van der Waals surface area contributed by atoms with Gasteiger partial charge in [-0.15, -0.1) is 0 Å². The van der Waals surface area contributed by atoms with Gasteiger partial charge < -0.3 is 14.7 Å². The number of nitrogens with zero attached hydrogens (tertiary/aromatic N) is 3. The summed E-state index contributed by atoms with van der Waals surface area (Å²) in [4.78, 5) is 32.7. The molecular formula is C14H19N3O4. The van der Waals surface area contributed by atoms with Crippen LogP contribution in [0.2, 0.25) is 0 Å². The first kappa shape index (κ1) is 15.2. The van der Waals surface area contributed by atoms with Gasteiger partial charge in [-0.2, -0.15) is 0 Å². The second-order valence-electron chi connectivity index (χ2n) is 5.14. The summed E-state index contributed by atoms with van der Waals surface area (Å²) in [6.45, 7) is 1.60. The van der Waals surface area contributed by atoms with E-state index in [-0.39, 0.29) is 18.4 Å². The molecule has 2 rings (SSSR count). The van der Waals surface area contributed by atoms with E-state index in [0.717, 1.165) is 25.7 Å². The first-order valence-corrected chi connectivity index (χ1v) is 6.93. The van der Waals surface area contributed by atoms with Crippen LogP contribution in [0.3, 0.4) is 0 Å². The molecule has 1 aliphatic rings. The number of esters is 1. The fourth-order valence-electron chi connectivity index (χ4n) is 2.64. The maximum absolute atomic E-state index is 11.6. The van der Waals surface area contributed by atoms with Crippen molar-refractivity contribution >= 4 is 17.8 Å². The van der Waals surface area contributed by atoms with E-state index < -0.39 is 11.9 Å². The maximum atomic E-state index is 11.6. The number of rotatable bonds is 5. The molecule has 114 valence electrons. The van der Waals surface area contributed by atoms with Crippen LogP contribution in [0.25, 0.3) is 0 Å². The molecule has 1 N–H and O–H groups in total. The Kier molecular flexibility index (Phi) is 4.72. The van der Waals surface area contributed by atoms with Crippen molar-refractivity contribution in [3.8, 4) is 0 Å². The van der Waals surface area contributed by atoms with Crippen LogP contribution >= 0.6 is 0 Å². The molecule has 0 radical (unpaired) electrons. The normalized spacial score (nSPS) is 15.0. The van der Waals surface area contributed by atoms with Crippen molar-refractivity contribution in [1.29, 1.82) is 0 Å². The molecule has 0 amide bonds. The maximum Gasteiger partial charge on any atom is 0.376 e. The van der Waals surface area contributed by atoms with E-state index in [0.29, 0.717) is 11.5 Å². The lowest BCUT2D eigenvalue weighted by atomic mass is 10.2. The minimum atomic E-state index is -0.919. The van der Waals surface area contributed by atoms with Crippen molar-refractivity contribution in [1.82, 2.24) is 9.97 Å². The van der Waals surface area contributed by atoms with Crippen LogP contribution in [0.5, 0.6) is 0 Å². The largest absolute Gasteiger partial charge is 0.480 e. The third-order valence-electron chi connectivity index (χ3n) is 3.57. The van der Waals surface area contributed by atoms with Gasteiger partial charge in [0.05, 0.1) is 7.11 Å². The van der Waals surface area contributed by atoms with E-state index >= 15 is 0 Å². The number of carboxylic acids is 1. The summed E-state index contributed by atoms with van der Waals surface area (Å²) in [6.07, 6.45) is 4.02. The van der Waals surface area contributed by atoms with Gasteiger partial charge in [0.15, 0.2) is 0 Å². The SMILES string of the molecule is COC(=O)c1nc(C)cc(N(CC(=O)O)C2CCCC2)n1. The van der Waals surface area contributed by atoms with Crippen molar-refractivity contribution in [2.45, 2.75) is 38.6 Å². The van der Waals surface area contributed by atoms with Gasteiger partial charge >= 0.3 is 11.9 Å². The molecule has 1 aromatic heterocycles. The third kappa shape index (κ3) is 3.68. The van der Waals surface area contributed by atoms with E-state index in [2.05, 4.69) is 14.7 Å². The number of aromatic nitrogens is 2. The van der Waals surface area contributed by atoms with Gasteiger partial charge in [-0.1, -0.05) is 12.8 Å². The number of hydrogen-bond acceptors (Lipinski definition) is 6. The number of carbonyl (C=O) groups is 2. The summed E-state index contributed by atoms with van der Waals surface area (Å²) in [5.74, 6) is -1.11. The smallest absolute Gasteiger partial charge is 0.376 e. The highest BCUT2D eigenvalue weighted by atomic mass is 16.5. The summed E-state index contributed by atoms with van der Waals surface area (Å²) in [7, 11) is 1.26. The van der Waals surface area contributed by atoms with Crippen molar-refractivity contribution < 1.29 is 19.4 Å². The Morgan fingerprint density at radius 3 is 2.62 bits per heavy atom. The minimum absolute atomic E-state index is 0.0408. The lowest BCUT2D eigenvalue weighted by molar-refractivity contribution is -0.135. The highest BCUT2D eigenvalue weighted by Crippen LogP contribution is 2.27. The number of aliphatic carboxylic acids is 1. The van der Waals surface area contributed by atoms with Crippen LogP contribution in [-0.2, 0) is 9.53 Å². The number of methoxy groups -OCH3 is 1. The van der Waals surface area contributed by atoms with Gasteiger partial charge in [0.1, 0.15) is 12.4 Å². The van der Waals surface area contributed by atoms with Gasteiger partial charge in [0.25, 0.3) is 0 Å². The molecule has 0 aromatic carbocycles. The van der Waals surface area contributed by atoms with Crippen LogP contribution in [0.15, 0.2) is 6.07 Å². The minimum Gasteiger partial charge on any atom is -0.480 e. The number of aryl methyl sites for hydroxylation is 1. The molecule has 1 fully saturated rings. The Balaban J connectivity index is 2.36. The van der Waals surface area contributed by atoms with Gasteiger partial charge in [0, 0.05) is 17.8 Å². The number of anilines is 1. The molecule has 0 unspecified atom stereocenters. The molecule has 21 heavy (non-hydrogen) atoms. The van der Waals surface area contributed by atoms with Crippen LogP contribution in [0.1, 0.15) is 42.0 Å². The van der Waals surface area contributed by atoms with Crippen LogP contribution in [0, 0.1) is 6.92 Å². The molecule has 1 saturated carbocycles. The lowest BCUT2D eigenvalue weighted by Gasteiger charge is -2.28. The van der Waals surface area contributed by atoms with Gasteiger partial charge in [-0.3, -0.25) is 4.79 Å². The molecule has 1 aliphatic carbocycles. The fourth-order valence-corrected chi connectivity index (χ4v) is 2.64. The van der Waals surface area contributed by atoms with Gasteiger partial charge in [-0.25, -0.2) is 14.8 Å². The summed E-state index contributed by atoms with van der Waals surface area (Å²) in [5, 5.41) is 9.12. The van der Waals surface area contributed by atoms with E-state index in [9.17, 15) is 9.59 Å². The molecular weight excluding hydrogens is 274 g/mol. The molecule has 0 spiro atoms. The van der Waals surface area contributed by atoms with Crippen molar-refractivity contribution in [3.63, 3.8) is 0 Å². The predicted octanol–water partition coefficient (Wildman–Crippen LogP) is 1.41. The number of carbonyl (C=O) groups excluding carboxylic acids is 1. The van der Waals surface area contributed by atoms with Crippen molar-refractivity contribution in [2.24, 2.45) is 0 Å². The van der Waals surface area contributed by atoms with Crippen LogP contribution in [0.4, 0.5) is 5.82 Å². The zero-order valence-electron chi connectivity index (χ0n) is 12.2. The summed E-state index contributed by atoms with van der Waals surface area (Å²) >= 11 is 0. The van der Waals surface area contributed by atoms with Crippen molar-refractivity contribution in [2.75, 3.05) is 18.6 Å². The van der Waals surface area contributed by atoms with E-state index in [1.807, 2.05) is 0 Å². The molecule has 0 saturated heterocycles. The summed E-state index contributed by atoms with van der Waals surface area (Å²) in [6, 6.07) is 1.84. The highest BCUT2D eigenvalue weighted by molar-refractivity contribution is 5.85. The number of carboxylic acid groups (broad SMARTS) is 1. The van der Waals surface area contributed by atoms with Crippen molar-refractivity contribution in [3.05, 3.63) is 17.6 Å². The average Bonchev–Trinajstić information content (AvgIpc) is 2.96. The number of hydrogen-bond donors (Lipinski definition) is 1. The zero-order chi connectivity index (χ0) is 15.4. The second kappa shape index (κ2) is 6.51. The predicted molar refractivity (Wildman–Crippen MR) is 75.3 cm³/mol. The molecule has 0 bridgehead atoms. The van der Waals surface area contributed by atoms with E-state index in [1.54, 1.807) is 17.9 Å². The fraction of sp³-hybridized carbons (Fsp3) is 0.571. The summed E-state index contributed by atoms with van der Waals surface area (Å²) < 4.78 is 4.63. The quantitative estimate of drug-likeness (QED) is 0.820. The van der Waals surface area contributed by atoms with Gasteiger partial charge in [-0.05, 0) is 19.8 Å². The topological polar surface area (TPSA) is 92.6 Å². The molecule has 0 aliphatic heterocycles. The molecule has 0 atom stereocenters. The molecule has 7 heteroatoms. The molecule has 1 heterocycles. The monoisotopic (exact) mass is 293 g/mol. The van der Waals surface area contributed by atoms with Crippen LogP contribution < -0.4 is 4.90 Å². The van der Waals surface area contributed by atoms with E-state index in [4.69, 9.17) is 5.11 Å². The Hall–Kier alpha value is -2.18. The second-order valence-corrected chi connectivity index (χ2v) is 5.14. The van der Waals surface area contributed by atoms with Gasteiger partial charge in [0.2, 0.25) is 5.82 Å². The molecule has 7 nitrogen and oxygen atoms in total. The van der Waals surface area contributed by atoms with Crippen LogP contribution in [-0.4, -0.2) is 46.7 Å². The lowest BCUT2D eigenvalue weighted by Crippen LogP contribution is -2.38. The number of ether oxygens (including phenoxy) is 1. The first-order valence-electron chi connectivity index (χ1n) is 6.93. The first-order chi connectivity index (χ1) is 10.0. The Labute approximate surface area is 123 Å². The van der Waals surface area contributed by atoms with E-state index in [1.165, 1.54) is 7.11 Å². The highest BCUT2D eigenvalue weighted by Gasteiger charge is 2.26. The zero-order valence-corrected chi connectivity index (χ0v) is 12.2.